The lowest BCUT2D eigenvalue weighted by Crippen LogP contribution is -2.22. The van der Waals surface area contributed by atoms with E-state index in [9.17, 15) is 9.59 Å². The van der Waals surface area contributed by atoms with Gasteiger partial charge in [0.25, 0.3) is 5.91 Å². The number of hydrogen-bond acceptors (Lipinski definition) is 3. The lowest BCUT2D eigenvalue weighted by molar-refractivity contribution is -0.115. The van der Waals surface area contributed by atoms with Crippen LogP contribution in [0.15, 0.2) is 48.5 Å². The number of aromatic nitrogens is 1. The molecule has 0 atom stereocenters. The molecule has 3 aromatic rings. The average molecular weight is 361 g/mol. The number of para-hydroxylation sites is 1. The molecule has 0 unspecified atom stereocenters. The molecule has 27 heavy (non-hydrogen) atoms. The summed E-state index contributed by atoms with van der Waals surface area (Å²) < 4.78 is 0. The highest BCUT2D eigenvalue weighted by Gasteiger charge is 2.14. The Bertz CT molecular complexity index is 1030. The Hall–Kier alpha value is -3.21. The molecule has 0 radical (unpaired) electrons. The van der Waals surface area contributed by atoms with Gasteiger partial charge in [-0.05, 0) is 49.2 Å². The summed E-state index contributed by atoms with van der Waals surface area (Å²) in [6.45, 7) is 3.95. The lowest BCUT2D eigenvalue weighted by atomic mass is 9.99. The number of carbonyl (C=O) groups excluding carboxylic acids is 2. The molecular formula is C22H23N3O2. The summed E-state index contributed by atoms with van der Waals surface area (Å²) in [5.74, 6) is -0.232. The van der Waals surface area contributed by atoms with Crippen LogP contribution >= 0.6 is 0 Å². The zero-order chi connectivity index (χ0) is 19.6. The maximum atomic E-state index is 12.6. The number of nitrogens with zero attached hydrogens (tertiary/aromatic N) is 2. The number of pyridine rings is 1. The predicted octanol–water partition coefficient (Wildman–Crippen LogP) is 3.73. The summed E-state index contributed by atoms with van der Waals surface area (Å²) in [7, 11) is 3.40. The number of fused-ring (bicyclic) bond motifs is 1. The molecule has 0 saturated carbocycles. The number of aryl methyl sites for hydroxylation is 2. The number of carbonyl (C=O) groups is 2. The first-order chi connectivity index (χ1) is 12.9. The molecule has 0 aliphatic heterocycles. The molecule has 2 aromatic carbocycles. The minimum Gasteiger partial charge on any atom is -0.345 e. The van der Waals surface area contributed by atoms with E-state index >= 15 is 0 Å². The molecule has 0 spiro atoms. The summed E-state index contributed by atoms with van der Waals surface area (Å²) in [6, 6.07) is 14.9. The van der Waals surface area contributed by atoms with Crippen molar-refractivity contribution in [3.63, 3.8) is 0 Å². The fraction of sp³-hybridized carbons (Fsp3) is 0.227. The second-order valence-electron chi connectivity index (χ2n) is 6.82. The van der Waals surface area contributed by atoms with Gasteiger partial charge < -0.3 is 10.2 Å². The third-order valence-electron chi connectivity index (χ3n) is 4.62. The van der Waals surface area contributed by atoms with E-state index in [0.717, 1.165) is 27.7 Å². The monoisotopic (exact) mass is 361 g/mol. The minimum atomic E-state index is -0.132. The Labute approximate surface area is 159 Å². The minimum absolute atomic E-state index is 0.100. The van der Waals surface area contributed by atoms with E-state index < -0.39 is 0 Å². The third-order valence-corrected chi connectivity index (χ3v) is 4.62. The highest BCUT2D eigenvalue weighted by atomic mass is 16.2. The number of anilines is 1. The van der Waals surface area contributed by atoms with E-state index in [4.69, 9.17) is 0 Å². The quantitative estimate of drug-likeness (QED) is 0.770. The number of rotatable bonds is 4. The van der Waals surface area contributed by atoms with E-state index in [2.05, 4.69) is 10.3 Å². The van der Waals surface area contributed by atoms with Gasteiger partial charge in [-0.3, -0.25) is 14.6 Å². The van der Waals surface area contributed by atoms with Crippen molar-refractivity contribution >= 4 is 28.4 Å². The first-order valence-electron chi connectivity index (χ1n) is 8.83. The average Bonchev–Trinajstić information content (AvgIpc) is 2.64. The van der Waals surface area contributed by atoms with Gasteiger partial charge in [-0.15, -0.1) is 0 Å². The van der Waals surface area contributed by atoms with Gasteiger partial charge in [0.2, 0.25) is 5.91 Å². The van der Waals surface area contributed by atoms with Gasteiger partial charge in [0.05, 0.1) is 11.9 Å². The van der Waals surface area contributed by atoms with Crippen LogP contribution in [-0.4, -0.2) is 35.8 Å². The van der Waals surface area contributed by atoms with Crippen LogP contribution in [-0.2, 0) is 11.2 Å². The van der Waals surface area contributed by atoms with Crippen molar-refractivity contribution < 1.29 is 9.59 Å². The SMILES string of the molecule is Cc1nc2ccccc2c(C)c1CC(=O)Nc1cccc(C(=O)N(C)C)c1. The standard InChI is InChI=1S/C22H23N3O2/c1-14-18-10-5-6-11-20(18)23-15(2)19(14)13-21(26)24-17-9-7-8-16(12-17)22(27)25(3)4/h5-12H,13H2,1-4H3,(H,24,26). The molecule has 2 amide bonds. The molecular weight excluding hydrogens is 338 g/mol. The van der Waals surface area contributed by atoms with Crippen molar-refractivity contribution in [2.75, 3.05) is 19.4 Å². The maximum absolute atomic E-state index is 12.6. The van der Waals surface area contributed by atoms with E-state index in [0.29, 0.717) is 11.3 Å². The third kappa shape index (κ3) is 3.97. The van der Waals surface area contributed by atoms with E-state index in [1.54, 1.807) is 38.4 Å². The molecule has 3 rings (SSSR count). The fourth-order valence-electron chi connectivity index (χ4n) is 3.18. The van der Waals surface area contributed by atoms with Crippen molar-refractivity contribution in [1.82, 2.24) is 9.88 Å². The van der Waals surface area contributed by atoms with Crippen LogP contribution in [0.25, 0.3) is 10.9 Å². The molecule has 0 aliphatic carbocycles. The Morgan fingerprint density at radius 1 is 1.04 bits per heavy atom. The van der Waals surface area contributed by atoms with E-state index in [1.165, 1.54) is 4.90 Å². The van der Waals surface area contributed by atoms with E-state index in [-0.39, 0.29) is 18.2 Å². The molecule has 0 fully saturated rings. The Morgan fingerprint density at radius 3 is 2.52 bits per heavy atom. The predicted molar refractivity (Wildman–Crippen MR) is 108 cm³/mol. The van der Waals surface area contributed by atoms with Gasteiger partial charge >= 0.3 is 0 Å². The lowest BCUT2D eigenvalue weighted by Gasteiger charge is -2.14. The number of amides is 2. The summed E-state index contributed by atoms with van der Waals surface area (Å²) in [5, 5.41) is 3.95. The molecule has 5 heteroatoms. The van der Waals surface area contributed by atoms with Gasteiger partial charge in [0.1, 0.15) is 0 Å². The first kappa shape index (κ1) is 18.6. The Kier molecular flexibility index (Phi) is 5.21. The number of hydrogen-bond donors (Lipinski definition) is 1. The van der Waals surface area contributed by atoms with Crippen LogP contribution in [0.3, 0.4) is 0 Å². The molecule has 5 nitrogen and oxygen atoms in total. The molecule has 138 valence electrons. The Balaban J connectivity index is 1.82. The van der Waals surface area contributed by atoms with Crippen molar-refractivity contribution in [2.45, 2.75) is 20.3 Å². The molecule has 0 aliphatic rings. The van der Waals surface area contributed by atoms with Crippen LogP contribution < -0.4 is 5.32 Å². The van der Waals surface area contributed by atoms with Crippen LogP contribution in [0, 0.1) is 13.8 Å². The van der Waals surface area contributed by atoms with Crippen LogP contribution in [0.5, 0.6) is 0 Å². The largest absolute Gasteiger partial charge is 0.345 e. The van der Waals surface area contributed by atoms with Crippen LogP contribution in [0.2, 0.25) is 0 Å². The second-order valence-corrected chi connectivity index (χ2v) is 6.82. The summed E-state index contributed by atoms with van der Waals surface area (Å²) in [6.07, 6.45) is 0.237. The second kappa shape index (κ2) is 7.58. The zero-order valence-electron chi connectivity index (χ0n) is 16.0. The first-order valence-corrected chi connectivity index (χ1v) is 8.83. The number of benzene rings is 2. The zero-order valence-corrected chi connectivity index (χ0v) is 16.0. The van der Waals surface area contributed by atoms with Gasteiger partial charge in [0, 0.05) is 36.4 Å². The molecule has 1 N–H and O–H groups in total. The van der Waals surface area contributed by atoms with Gasteiger partial charge in [0.15, 0.2) is 0 Å². The highest BCUT2D eigenvalue weighted by Crippen LogP contribution is 2.23. The maximum Gasteiger partial charge on any atom is 0.253 e. The van der Waals surface area contributed by atoms with Crippen LogP contribution in [0.4, 0.5) is 5.69 Å². The van der Waals surface area contributed by atoms with Crippen LogP contribution in [0.1, 0.15) is 27.2 Å². The number of nitrogens with one attached hydrogen (secondary N) is 1. The molecule has 1 heterocycles. The van der Waals surface area contributed by atoms with Gasteiger partial charge in [-0.1, -0.05) is 24.3 Å². The summed E-state index contributed by atoms with van der Waals surface area (Å²) >= 11 is 0. The van der Waals surface area contributed by atoms with Crippen molar-refractivity contribution in [3.8, 4) is 0 Å². The summed E-state index contributed by atoms with van der Waals surface area (Å²) in [4.78, 5) is 30.8. The molecule has 0 saturated heterocycles. The molecule has 1 aromatic heterocycles. The van der Waals surface area contributed by atoms with Crippen molar-refractivity contribution in [1.29, 1.82) is 0 Å². The van der Waals surface area contributed by atoms with Crippen molar-refractivity contribution in [2.24, 2.45) is 0 Å². The van der Waals surface area contributed by atoms with E-state index in [1.807, 2.05) is 38.1 Å². The van der Waals surface area contributed by atoms with Gasteiger partial charge in [-0.2, -0.15) is 0 Å². The topological polar surface area (TPSA) is 62.3 Å². The Morgan fingerprint density at radius 2 is 1.78 bits per heavy atom. The van der Waals surface area contributed by atoms with Crippen molar-refractivity contribution in [3.05, 3.63) is 70.9 Å². The highest BCUT2D eigenvalue weighted by molar-refractivity contribution is 5.98. The smallest absolute Gasteiger partial charge is 0.253 e. The summed E-state index contributed by atoms with van der Waals surface area (Å²) in [5.41, 5.74) is 4.95. The normalized spacial score (nSPS) is 10.7. The fourth-order valence-corrected chi connectivity index (χ4v) is 3.18. The van der Waals surface area contributed by atoms with Gasteiger partial charge in [-0.25, -0.2) is 0 Å². The molecule has 0 bridgehead atoms.